The zero-order valence-electron chi connectivity index (χ0n) is 11.8. The lowest BCUT2D eigenvalue weighted by molar-refractivity contribution is 0.0526. The summed E-state index contributed by atoms with van der Waals surface area (Å²) in [5, 5.41) is 0. The third-order valence-electron chi connectivity index (χ3n) is 3.48. The molecule has 0 radical (unpaired) electrons. The van der Waals surface area contributed by atoms with Crippen molar-refractivity contribution in [2.75, 3.05) is 38.7 Å². The molecular formula is C14H21N3O2. The van der Waals surface area contributed by atoms with Crippen LogP contribution in [0.25, 0.3) is 0 Å². The van der Waals surface area contributed by atoms with Gasteiger partial charge in [-0.25, -0.2) is 9.78 Å². The predicted octanol–water partition coefficient (Wildman–Crippen LogP) is 1.40. The van der Waals surface area contributed by atoms with Crippen LogP contribution in [0.3, 0.4) is 0 Å². The monoisotopic (exact) mass is 263 g/mol. The first-order valence-corrected chi connectivity index (χ1v) is 6.66. The maximum atomic E-state index is 11.5. The van der Waals surface area contributed by atoms with Crippen molar-refractivity contribution in [3.63, 3.8) is 0 Å². The van der Waals surface area contributed by atoms with Gasteiger partial charge in [-0.2, -0.15) is 0 Å². The van der Waals surface area contributed by atoms with E-state index in [2.05, 4.69) is 28.9 Å². The largest absolute Gasteiger partial charge is 0.462 e. The summed E-state index contributed by atoms with van der Waals surface area (Å²) in [6.07, 6.45) is 2.74. The fourth-order valence-electron chi connectivity index (χ4n) is 2.28. The highest BCUT2D eigenvalue weighted by Gasteiger charge is 2.24. The number of anilines is 1. The number of hydrogen-bond donors (Lipinski definition) is 0. The third kappa shape index (κ3) is 3.23. The molecule has 0 amide bonds. The van der Waals surface area contributed by atoms with Gasteiger partial charge in [-0.05, 0) is 39.6 Å². The highest BCUT2D eigenvalue weighted by Crippen LogP contribution is 2.20. The lowest BCUT2D eigenvalue weighted by Gasteiger charge is -2.21. The number of nitrogens with zero attached hydrogens (tertiary/aromatic N) is 3. The Bertz CT molecular complexity index is 431. The minimum Gasteiger partial charge on any atom is -0.462 e. The molecule has 0 bridgehead atoms. The number of aromatic nitrogens is 1. The molecule has 19 heavy (non-hydrogen) atoms. The van der Waals surface area contributed by atoms with Crippen molar-refractivity contribution >= 4 is 11.8 Å². The summed E-state index contributed by atoms with van der Waals surface area (Å²) in [5.74, 6) is 0.617. The average Bonchev–Trinajstić information content (AvgIpc) is 2.89. The molecule has 1 unspecified atom stereocenters. The van der Waals surface area contributed by atoms with E-state index >= 15 is 0 Å². The van der Waals surface area contributed by atoms with Crippen molar-refractivity contribution < 1.29 is 9.53 Å². The second-order valence-corrected chi connectivity index (χ2v) is 4.98. The first kappa shape index (κ1) is 13.8. The minimum absolute atomic E-state index is 0.311. The van der Waals surface area contributed by atoms with Gasteiger partial charge in [0.05, 0.1) is 12.2 Å². The van der Waals surface area contributed by atoms with Gasteiger partial charge in [0.15, 0.2) is 0 Å². The molecule has 2 rings (SSSR count). The number of esters is 1. The fraction of sp³-hybridized carbons (Fsp3) is 0.571. The van der Waals surface area contributed by atoms with E-state index in [1.807, 2.05) is 6.07 Å². The molecule has 0 N–H and O–H groups in total. The number of hydrogen-bond acceptors (Lipinski definition) is 5. The van der Waals surface area contributed by atoms with E-state index < -0.39 is 0 Å². The normalized spacial score (nSPS) is 18.9. The van der Waals surface area contributed by atoms with E-state index in [-0.39, 0.29) is 5.97 Å². The Morgan fingerprint density at radius 1 is 1.53 bits per heavy atom. The van der Waals surface area contributed by atoms with Crippen LogP contribution >= 0.6 is 0 Å². The first-order chi connectivity index (χ1) is 9.11. The van der Waals surface area contributed by atoms with Crippen LogP contribution in [-0.2, 0) is 4.74 Å². The Hall–Kier alpha value is -1.62. The lowest BCUT2D eigenvalue weighted by atomic mass is 10.2. The number of carbonyl (C=O) groups excluding carboxylic acids is 1. The summed E-state index contributed by atoms with van der Waals surface area (Å²) in [6.45, 7) is 4.18. The fourth-order valence-corrected chi connectivity index (χ4v) is 2.28. The van der Waals surface area contributed by atoms with E-state index in [1.54, 1.807) is 19.2 Å². The standard InChI is InChI=1S/C14H21N3O2/c1-4-19-14(18)11-5-6-13(15-9-11)17-8-7-12(10-17)16(2)3/h5-6,9,12H,4,7-8,10H2,1-3H3. The number of likely N-dealkylation sites (N-methyl/N-ethyl adjacent to an activating group) is 1. The molecule has 1 atom stereocenters. The van der Waals surface area contributed by atoms with E-state index in [0.29, 0.717) is 18.2 Å². The third-order valence-corrected chi connectivity index (χ3v) is 3.48. The molecule has 5 nitrogen and oxygen atoms in total. The molecule has 0 aromatic carbocycles. The summed E-state index contributed by atoms with van der Waals surface area (Å²) in [4.78, 5) is 20.4. The molecule has 5 heteroatoms. The van der Waals surface area contributed by atoms with Gasteiger partial charge in [-0.1, -0.05) is 0 Å². The van der Waals surface area contributed by atoms with E-state index in [0.717, 1.165) is 25.3 Å². The molecule has 2 heterocycles. The number of pyridine rings is 1. The van der Waals surface area contributed by atoms with Crippen molar-refractivity contribution in [2.24, 2.45) is 0 Å². The van der Waals surface area contributed by atoms with Gasteiger partial charge >= 0.3 is 5.97 Å². The summed E-state index contributed by atoms with van der Waals surface area (Å²) < 4.78 is 4.94. The summed E-state index contributed by atoms with van der Waals surface area (Å²) in [6, 6.07) is 4.25. The van der Waals surface area contributed by atoms with Crippen LogP contribution in [0.1, 0.15) is 23.7 Å². The smallest absolute Gasteiger partial charge is 0.339 e. The highest BCUT2D eigenvalue weighted by atomic mass is 16.5. The molecule has 0 saturated carbocycles. The van der Waals surface area contributed by atoms with Crippen molar-refractivity contribution in [1.82, 2.24) is 9.88 Å². The average molecular weight is 263 g/mol. The quantitative estimate of drug-likeness (QED) is 0.768. The predicted molar refractivity (Wildman–Crippen MR) is 74.5 cm³/mol. The number of carbonyl (C=O) groups is 1. The Kier molecular flexibility index (Phi) is 4.37. The molecule has 1 aromatic heterocycles. The van der Waals surface area contributed by atoms with Crippen LogP contribution in [0.4, 0.5) is 5.82 Å². The van der Waals surface area contributed by atoms with Gasteiger partial charge in [0.1, 0.15) is 5.82 Å². The Morgan fingerprint density at radius 3 is 2.84 bits per heavy atom. The second-order valence-electron chi connectivity index (χ2n) is 4.98. The van der Waals surface area contributed by atoms with Crippen molar-refractivity contribution in [3.8, 4) is 0 Å². The van der Waals surface area contributed by atoms with Gasteiger partial charge in [-0.15, -0.1) is 0 Å². The van der Waals surface area contributed by atoms with Gasteiger partial charge < -0.3 is 14.5 Å². The molecule has 0 aliphatic carbocycles. The Labute approximate surface area is 114 Å². The summed E-state index contributed by atoms with van der Waals surface area (Å²) in [5.41, 5.74) is 0.508. The van der Waals surface area contributed by atoms with Crippen LogP contribution in [0, 0.1) is 0 Å². The summed E-state index contributed by atoms with van der Waals surface area (Å²) in [7, 11) is 4.21. The topological polar surface area (TPSA) is 45.7 Å². The van der Waals surface area contributed by atoms with Gasteiger partial charge in [0.25, 0.3) is 0 Å². The molecule has 1 saturated heterocycles. The molecule has 1 aliphatic heterocycles. The maximum Gasteiger partial charge on any atom is 0.339 e. The van der Waals surface area contributed by atoms with E-state index in [4.69, 9.17) is 4.74 Å². The summed E-state index contributed by atoms with van der Waals surface area (Å²) >= 11 is 0. The van der Waals surface area contributed by atoms with Crippen LogP contribution < -0.4 is 4.90 Å². The molecule has 0 spiro atoms. The number of ether oxygens (including phenoxy) is 1. The van der Waals surface area contributed by atoms with Crippen LogP contribution in [0.2, 0.25) is 0 Å². The first-order valence-electron chi connectivity index (χ1n) is 6.66. The highest BCUT2D eigenvalue weighted by molar-refractivity contribution is 5.89. The Morgan fingerprint density at radius 2 is 2.32 bits per heavy atom. The van der Waals surface area contributed by atoms with Crippen LogP contribution in [-0.4, -0.2) is 55.7 Å². The number of rotatable bonds is 4. The van der Waals surface area contributed by atoms with Crippen molar-refractivity contribution in [2.45, 2.75) is 19.4 Å². The van der Waals surface area contributed by atoms with Gasteiger partial charge in [0, 0.05) is 25.3 Å². The zero-order valence-corrected chi connectivity index (χ0v) is 11.8. The minimum atomic E-state index is -0.311. The SMILES string of the molecule is CCOC(=O)c1ccc(N2CCC(N(C)C)C2)nc1. The molecule has 1 aromatic rings. The van der Waals surface area contributed by atoms with Gasteiger partial charge in [-0.3, -0.25) is 0 Å². The molecular weight excluding hydrogens is 242 g/mol. The van der Waals surface area contributed by atoms with E-state index in [9.17, 15) is 4.79 Å². The maximum absolute atomic E-state index is 11.5. The Balaban J connectivity index is 2.01. The molecule has 1 aliphatic rings. The lowest BCUT2D eigenvalue weighted by Crippen LogP contribution is -2.31. The van der Waals surface area contributed by atoms with Crippen LogP contribution in [0.15, 0.2) is 18.3 Å². The van der Waals surface area contributed by atoms with E-state index in [1.165, 1.54) is 0 Å². The van der Waals surface area contributed by atoms with Crippen molar-refractivity contribution in [3.05, 3.63) is 23.9 Å². The van der Waals surface area contributed by atoms with Crippen molar-refractivity contribution in [1.29, 1.82) is 0 Å². The van der Waals surface area contributed by atoms with Gasteiger partial charge in [0.2, 0.25) is 0 Å². The zero-order chi connectivity index (χ0) is 13.8. The van der Waals surface area contributed by atoms with Crippen LogP contribution in [0.5, 0.6) is 0 Å². The second kappa shape index (κ2) is 6.02. The molecule has 1 fully saturated rings. The molecule has 104 valence electrons.